The molecule has 170 valence electrons. The highest BCUT2D eigenvalue weighted by molar-refractivity contribution is 6.01. The first kappa shape index (κ1) is 23.6. The lowest BCUT2D eigenvalue weighted by molar-refractivity contribution is 0.0784. The molecule has 0 aliphatic heterocycles. The van der Waals surface area contributed by atoms with Crippen LogP contribution in [0.5, 0.6) is 0 Å². The van der Waals surface area contributed by atoms with Crippen molar-refractivity contribution in [3.8, 4) is 0 Å². The predicted molar refractivity (Wildman–Crippen MR) is 127 cm³/mol. The number of pyridine rings is 2. The average Bonchev–Trinajstić information content (AvgIpc) is 2.81. The molecular formula is C25H27N5O3. The molecule has 1 amide bonds. The third kappa shape index (κ3) is 6.00. The standard InChI is InChI=1S/C25H27N5O3/c1-17(12-18-8-5-4-6-9-18)23(26)33-24(27)21-13-20(14-22(31)30(21)3)25(32)29(2)16-19-10-7-11-28-15-19/h4-11,13-15,17,26-27H,12,16H2,1-3H3. The van der Waals surface area contributed by atoms with Crippen LogP contribution in [0, 0.1) is 16.7 Å². The van der Waals surface area contributed by atoms with Crippen molar-refractivity contribution in [3.05, 3.63) is 99.7 Å². The molecule has 2 N–H and O–H groups in total. The minimum Gasteiger partial charge on any atom is -0.423 e. The minimum absolute atomic E-state index is 0.0817. The fourth-order valence-corrected chi connectivity index (χ4v) is 3.36. The summed E-state index contributed by atoms with van der Waals surface area (Å²) >= 11 is 0. The normalized spacial score (nSPS) is 11.5. The molecule has 0 radical (unpaired) electrons. The summed E-state index contributed by atoms with van der Waals surface area (Å²) in [6.07, 6.45) is 3.91. The van der Waals surface area contributed by atoms with Gasteiger partial charge in [-0.05, 0) is 29.7 Å². The number of carbonyl (C=O) groups excluding carboxylic acids is 1. The number of aromatic nitrogens is 2. The van der Waals surface area contributed by atoms with E-state index in [1.54, 1.807) is 25.5 Å². The molecule has 0 saturated carbocycles. The van der Waals surface area contributed by atoms with Gasteiger partial charge < -0.3 is 14.2 Å². The van der Waals surface area contributed by atoms with Gasteiger partial charge in [0.1, 0.15) is 5.69 Å². The fourth-order valence-electron chi connectivity index (χ4n) is 3.36. The molecule has 0 spiro atoms. The third-order valence-corrected chi connectivity index (χ3v) is 5.28. The summed E-state index contributed by atoms with van der Waals surface area (Å²) < 4.78 is 6.70. The van der Waals surface area contributed by atoms with Crippen LogP contribution in [0.4, 0.5) is 0 Å². The van der Waals surface area contributed by atoms with Crippen molar-refractivity contribution in [1.82, 2.24) is 14.5 Å². The number of amides is 1. The highest BCUT2D eigenvalue weighted by atomic mass is 16.5. The van der Waals surface area contributed by atoms with E-state index in [4.69, 9.17) is 15.6 Å². The lowest BCUT2D eigenvalue weighted by atomic mass is 10.0. The van der Waals surface area contributed by atoms with Crippen LogP contribution < -0.4 is 5.56 Å². The van der Waals surface area contributed by atoms with Crippen molar-refractivity contribution in [2.45, 2.75) is 19.9 Å². The highest BCUT2D eigenvalue weighted by Gasteiger charge is 2.20. The molecule has 0 bridgehead atoms. The molecule has 33 heavy (non-hydrogen) atoms. The Balaban J connectivity index is 1.74. The maximum Gasteiger partial charge on any atom is 0.254 e. The second-order valence-electron chi connectivity index (χ2n) is 7.94. The molecule has 0 fully saturated rings. The Morgan fingerprint density at radius 3 is 2.48 bits per heavy atom. The molecule has 0 aliphatic rings. The first-order valence-corrected chi connectivity index (χ1v) is 10.5. The van der Waals surface area contributed by atoms with Gasteiger partial charge in [0.15, 0.2) is 5.90 Å². The number of rotatable bonds is 7. The molecule has 8 nitrogen and oxygen atoms in total. The monoisotopic (exact) mass is 445 g/mol. The molecule has 1 unspecified atom stereocenters. The first-order valence-electron chi connectivity index (χ1n) is 10.5. The van der Waals surface area contributed by atoms with Gasteiger partial charge in [0, 0.05) is 50.6 Å². The molecule has 3 aromatic rings. The Labute approximate surface area is 192 Å². The SMILES string of the molecule is CC(Cc1ccccc1)C(=N)OC(=N)c1cc(C(=O)N(C)Cc2cccnc2)cc(=O)n1C. The predicted octanol–water partition coefficient (Wildman–Crippen LogP) is 3.25. The molecule has 2 heterocycles. The number of hydrogen-bond acceptors (Lipinski definition) is 6. The molecular weight excluding hydrogens is 418 g/mol. The zero-order valence-corrected chi connectivity index (χ0v) is 18.9. The summed E-state index contributed by atoms with van der Waals surface area (Å²) in [5.74, 6) is -1.07. The van der Waals surface area contributed by atoms with E-state index < -0.39 is 5.56 Å². The van der Waals surface area contributed by atoms with Gasteiger partial charge in [-0.3, -0.25) is 25.4 Å². The molecule has 2 aromatic heterocycles. The van der Waals surface area contributed by atoms with E-state index in [9.17, 15) is 9.59 Å². The van der Waals surface area contributed by atoms with E-state index in [0.717, 1.165) is 11.1 Å². The van der Waals surface area contributed by atoms with Gasteiger partial charge in [-0.15, -0.1) is 0 Å². The summed E-state index contributed by atoms with van der Waals surface area (Å²) in [5, 5.41) is 16.6. The van der Waals surface area contributed by atoms with Gasteiger partial charge in [0.25, 0.3) is 11.5 Å². The Kier molecular flexibility index (Phi) is 7.50. The van der Waals surface area contributed by atoms with Crippen molar-refractivity contribution < 1.29 is 9.53 Å². The van der Waals surface area contributed by atoms with E-state index in [0.29, 0.717) is 13.0 Å². The molecule has 0 saturated heterocycles. The van der Waals surface area contributed by atoms with Gasteiger partial charge in [-0.2, -0.15) is 0 Å². The van der Waals surface area contributed by atoms with Crippen LogP contribution in [0.1, 0.15) is 34.1 Å². The quantitative estimate of drug-likeness (QED) is 0.429. The van der Waals surface area contributed by atoms with Crippen molar-refractivity contribution in [3.63, 3.8) is 0 Å². The number of nitrogens with zero attached hydrogens (tertiary/aromatic N) is 3. The van der Waals surface area contributed by atoms with Crippen LogP contribution in [0.15, 0.2) is 71.8 Å². The zero-order valence-electron chi connectivity index (χ0n) is 18.9. The van der Waals surface area contributed by atoms with E-state index in [1.165, 1.54) is 28.6 Å². The zero-order chi connectivity index (χ0) is 24.0. The average molecular weight is 446 g/mol. The summed E-state index contributed by atoms with van der Waals surface area (Å²) in [7, 11) is 3.13. The van der Waals surface area contributed by atoms with Crippen molar-refractivity contribution >= 4 is 17.7 Å². The van der Waals surface area contributed by atoms with Crippen LogP contribution in [0.2, 0.25) is 0 Å². The van der Waals surface area contributed by atoms with Crippen LogP contribution in [-0.2, 0) is 24.8 Å². The van der Waals surface area contributed by atoms with Crippen LogP contribution in [-0.4, -0.2) is 39.2 Å². The Morgan fingerprint density at radius 2 is 1.82 bits per heavy atom. The van der Waals surface area contributed by atoms with Gasteiger partial charge in [0.05, 0.1) is 0 Å². The largest absolute Gasteiger partial charge is 0.423 e. The summed E-state index contributed by atoms with van der Waals surface area (Å²) in [4.78, 5) is 30.9. The lowest BCUT2D eigenvalue weighted by Gasteiger charge is -2.19. The molecule has 0 aliphatic carbocycles. The maximum atomic E-state index is 12.9. The molecule has 1 aromatic carbocycles. The Hall–Kier alpha value is -4.07. The van der Waals surface area contributed by atoms with E-state index in [2.05, 4.69) is 4.98 Å². The van der Waals surface area contributed by atoms with E-state index >= 15 is 0 Å². The van der Waals surface area contributed by atoms with Crippen molar-refractivity contribution in [2.75, 3.05) is 7.05 Å². The summed E-state index contributed by atoms with van der Waals surface area (Å²) in [6, 6.07) is 16.0. The van der Waals surface area contributed by atoms with Gasteiger partial charge in [-0.25, -0.2) is 0 Å². The van der Waals surface area contributed by atoms with E-state index in [-0.39, 0.29) is 34.9 Å². The van der Waals surface area contributed by atoms with Crippen LogP contribution >= 0.6 is 0 Å². The third-order valence-electron chi connectivity index (χ3n) is 5.28. The number of nitrogens with one attached hydrogen (secondary N) is 2. The minimum atomic E-state index is -0.442. The molecule has 1 atom stereocenters. The van der Waals surface area contributed by atoms with Crippen LogP contribution in [0.3, 0.4) is 0 Å². The van der Waals surface area contributed by atoms with Gasteiger partial charge in [-0.1, -0.05) is 43.3 Å². The van der Waals surface area contributed by atoms with Gasteiger partial charge >= 0.3 is 0 Å². The topological polar surface area (TPSA) is 112 Å². The highest BCUT2D eigenvalue weighted by Crippen LogP contribution is 2.13. The number of ether oxygens (including phenoxy) is 1. The van der Waals surface area contributed by atoms with Gasteiger partial charge in [0.2, 0.25) is 5.90 Å². The maximum absolute atomic E-state index is 12.9. The second kappa shape index (κ2) is 10.5. The summed E-state index contributed by atoms with van der Waals surface area (Å²) in [6.45, 7) is 2.17. The second-order valence-corrected chi connectivity index (χ2v) is 7.94. The summed E-state index contributed by atoms with van der Waals surface area (Å²) in [5.41, 5.74) is 1.74. The van der Waals surface area contributed by atoms with Crippen molar-refractivity contribution in [1.29, 1.82) is 10.8 Å². The molecule has 3 rings (SSSR count). The first-order chi connectivity index (χ1) is 15.8. The fraction of sp³-hybridized carbons (Fsp3) is 0.240. The van der Waals surface area contributed by atoms with Crippen LogP contribution in [0.25, 0.3) is 0 Å². The number of benzene rings is 1. The number of carbonyl (C=O) groups is 1. The Bertz CT molecular complexity index is 1210. The smallest absolute Gasteiger partial charge is 0.254 e. The van der Waals surface area contributed by atoms with E-state index in [1.807, 2.05) is 43.3 Å². The lowest BCUT2D eigenvalue weighted by Crippen LogP contribution is -2.31. The molecule has 8 heteroatoms. The van der Waals surface area contributed by atoms with Crippen molar-refractivity contribution in [2.24, 2.45) is 13.0 Å². The number of hydrogen-bond donors (Lipinski definition) is 2. The Morgan fingerprint density at radius 1 is 1.12 bits per heavy atom.